The van der Waals surface area contributed by atoms with Crippen LogP contribution in [0.5, 0.6) is 0 Å². The lowest BCUT2D eigenvalue weighted by Crippen LogP contribution is -2.45. The Morgan fingerprint density at radius 3 is 1.86 bits per heavy atom. The van der Waals surface area contributed by atoms with Crippen LogP contribution in [0.4, 0.5) is 0 Å². The molecule has 0 bridgehead atoms. The molecule has 0 unspecified atom stereocenters. The Morgan fingerprint density at radius 1 is 1.14 bits per heavy atom. The van der Waals surface area contributed by atoms with Crippen LogP contribution in [0.25, 0.3) is 0 Å². The van der Waals surface area contributed by atoms with Gasteiger partial charge in [-0.05, 0) is 27.7 Å². The van der Waals surface area contributed by atoms with Gasteiger partial charge in [0.2, 0.25) is 0 Å². The molecule has 0 aromatic heterocycles. The van der Waals surface area contributed by atoms with Crippen LogP contribution in [0.3, 0.4) is 0 Å². The number of nitrogens with zero attached hydrogens (tertiary/aromatic N) is 1. The number of hydrogen-bond donors (Lipinski definition) is 2. The van der Waals surface area contributed by atoms with Gasteiger partial charge in [-0.15, -0.1) is 6.58 Å². The molecule has 2 atom stereocenters. The van der Waals surface area contributed by atoms with Crippen molar-refractivity contribution in [2.45, 2.75) is 52.0 Å². The summed E-state index contributed by atoms with van der Waals surface area (Å²) in [6.07, 6.45) is -0.226. The van der Waals surface area contributed by atoms with Crippen molar-refractivity contribution in [2.75, 3.05) is 6.54 Å². The van der Waals surface area contributed by atoms with Gasteiger partial charge in [-0.3, -0.25) is 4.90 Å². The van der Waals surface area contributed by atoms with Crippen LogP contribution in [-0.4, -0.2) is 45.9 Å². The first kappa shape index (κ1) is 13.6. The van der Waals surface area contributed by atoms with Crippen LogP contribution in [0, 0.1) is 0 Å². The summed E-state index contributed by atoms with van der Waals surface area (Å²) in [6, 6.07) is 0.725. The van der Waals surface area contributed by atoms with E-state index in [0.717, 1.165) is 0 Å². The van der Waals surface area contributed by atoms with Crippen LogP contribution in [-0.2, 0) is 0 Å². The van der Waals surface area contributed by atoms with Crippen LogP contribution in [0.15, 0.2) is 12.7 Å². The summed E-state index contributed by atoms with van der Waals surface area (Å²) in [5.41, 5.74) is 0. The smallest absolute Gasteiger partial charge is 0.0989 e. The van der Waals surface area contributed by atoms with E-state index >= 15 is 0 Å². The normalized spacial score (nSPS) is 16.4. The summed E-state index contributed by atoms with van der Waals surface area (Å²) in [5.74, 6) is 0. The van der Waals surface area contributed by atoms with Gasteiger partial charge in [0.15, 0.2) is 0 Å². The SMILES string of the molecule is C=C[C@H](O)[C@H](O)CN(C(C)C)C(C)C. The van der Waals surface area contributed by atoms with Crippen molar-refractivity contribution in [3.8, 4) is 0 Å². The Balaban J connectivity index is 4.22. The van der Waals surface area contributed by atoms with Crippen LogP contribution in [0.1, 0.15) is 27.7 Å². The van der Waals surface area contributed by atoms with Crippen molar-refractivity contribution in [2.24, 2.45) is 0 Å². The molecule has 0 aromatic carbocycles. The molecule has 0 rings (SSSR count). The van der Waals surface area contributed by atoms with E-state index in [1.165, 1.54) is 6.08 Å². The van der Waals surface area contributed by atoms with Gasteiger partial charge in [0.05, 0.1) is 12.2 Å². The second kappa shape index (κ2) is 6.17. The fraction of sp³-hybridized carbons (Fsp3) is 0.818. The lowest BCUT2D eigenvalue weighted by atomic mass is 10.1. The predicted molar refractivity (Wildman–Crippen MR) is 59.2 cm³/mol. The first-order chi connectivity index (χ1) is 6.40. The summed E-state index contributed by atoms with van der Waals surface area (Å²) in [4.78, 5) is 2.14. The van der Waals surface area contributed by atoms with E-state index in [9.17, 15) is 10.2 Å². The Kier molecular flexibility index (Phi) is 6.00. The number of aliphatic hydroxyl groups excluding tert-OH is 2. The summed E-state index contributed by atoms with van der Waals surface area (Å²) in [6.45, 7) is 12.2. The van der Waals surface area contributed by atoms with Gasteiger partial charge in [-0.2, -0.15) is 0 Å². The molecule has 0 amide bonds. The van der Waals surface area contributed by atoms with E-state index in [2.05, 4.69) is 39.2 Å². The van der Waals surface area contributed by atoms with Gasteiger partial charge in [-0.25, -0.2) is 0 Å². The topological polar surface area (TPSA) is 43.7 Å². The van der Waals surface area contributed by atoms with Gasteiger partial charge in [0, 0.05) is 18.6 Å². The van der Waals surface area contributed by atoms with E-state index in [-0.39, 0.29) is 0 Å². The van der Waals surface area contributed by atoms with Crippen molar-refractivity contribution in [1.29, 1.82) is 0 Å². The average Bonchev–Trinajstić information content (AvgIpc) is 2.11. The zero-order valence-corrected chi connectivity index (χ0v) is 9.64. The summed E-state index contributed by atoms with van der Waals surface area (Å²) < 4.78 is 0. The van der Waals surface area contributed by atoms with Gasteiger partial charge >= 0.3 is 0 Å². The molecular weight excluding hydrogens is 178 g/mol. The molecule has 0 aliphatic carbocycles. The fourth-order valence-electron chi connectivity index (χ4n) is 1.50. The van der Waals surface area contributed by atoms with Crippen LogP contribution in [0.2, 0.25) is 0 Å². The lowest BCUT2D eigenvalue weighted by Gasteiger charge is -2.33. The quantitative estimate of drug-likeness (QED) is 0.630. The molecule has 0 aliphatic rings. The molecule has 0 saturated heterocycles. The molecule has 84 valence electrons. The molecule has 3 nitrogen and oxygen atoms in total. The molecule has 0 saturated carbocycles. The highest BCUT2D eigenvalue weighted by Crippen LogP contribution is 2.08. The van der Waals surface area contributed by atoms with E-state index in [1.807, 2.05) is 0 Å². The molecule has 2 N–H and O–H groups in total. The number of hydrogen-bond acceptors (Lipinski definition) is 3. The maximum atomic E-state index is 9.62. The molecule has 3 heteroatoms. The third kappa shape index (κ3) is 4.22. The Morgan fingerprint density at radius 2 is 1.57 bits per heavy atom. The summed E-state index contributed by atoms with van der Waals surface area (Å²) in [7, 11) is 0. The zero-order valence-electron chi connectivity index (χ0n) is 9.64. The highest BCUT2D eigenvalue weighted by Gasteiger charge is 2.20. The summed E-state index contributed by atoms with van der Waals surface area (Å²) >= 11 is 0. The van der Waals surface area contributed by atoms with Gasteiger partial charge < -0.3 is 10.2 Å². The highest BCUT2D eigenvalue weighted by atomic mass is 16.3. The molecule has 14 heavy (non-hydrogen) atoms. The first-order valence-corrected chi connectivity index (χ1v) is 5.14. The zero-order chi connectivity index (χ0) is 11.3. The largest absolute Gasteiger partial charge is 0.389 e. The van der Waals surface area contributed by atoms with Crippen molar-refractivity contribution >= 4 is 0 Å². The van der Waals surface area contributed by atoms with Crippen LogP contribution < -0.4 is 0 Å². The van der Waals surface area contributed by atoms with Gasteiger partial charge in [0.1, 0.15) is 0 Å². The molecule has 0 aliphatic heterocycles. The van der Waals surface area contributed by atoms with E-state index in [1.54, 1.807) is 0 Å². The lowest BCUT2D eigenvalue weighted by molar-refractivity contribution is 0.00677. The van der Waals surface area contributed by atoms with Crippen molar-refractivity contribution in [1.82, 2.24) is 4.90 Å². The number of aliphatic hydroxyl groups is 2. The minimum absolute atomic E-state index is 0.363. The molecule has 0 radical (unpaired) electrons. The Bertz CT molecular complexity index is 161. The van der Waals surface area contributed by atoms with Gasteiger partial charge in [-0.1, -0.05) is 6.08 Å². The van der Waals surface area contributed by atoms with Crippen molar-refractivity contribution < 1.29 is 10.2 Å². The minimum Gasteiger partial charge on any atom is -0.389 e. The highest BCUT2D eigenvalue weighted by molar-refractivity contribution is 4.86. The maximum absolute atomic E-state index is 9.62. The average molecular weight is 201 g/mol. The van der Waals surface area contributed by atoms with E-state index in [4.69, 9.17) is 0 Å². The van der Waals surface area contributed by atoms with E-state index in [0.29, 0.717) is 18.6 Å². The first-order valence-electron chi connectivity index (χ1n) is 5.14. The minimum atomic E-state index is -0.838. The molecular formula is C11H23NO2. The molecule has 0 heterocycles. The fourth-order valence-corrected chi connectivity index (χ4v) is 1.50. The third-order valence-electron chi connectivity index (χ3n) is 2.36. The van der Waals surface area contributed by atoms with Crippen molar-refractivity contribution in [3.63, 3.8) is 0 Å². The van der Waals surface area contributed by atoms with Crippen LogP contribution >= 0.6 is 0 Å². The number of rotatable bonds is 6. The molecule has 0 aromatic rings. The molecule has 0 fully saturated rings. The van der Waals surface area contributed by atoms with Gasteiger partial charge in [0.25, 0.3) is 0 Å². The predicted octanol–water partition coefficient (Wildman–Crippen LogP) is 1.01. The second-order valence-corrected chi connectivity index (χ2v) is 4.18. The monoisotopic (exact) mass is 201 g/mol. The standard InChI is InChI=1S/C11H23NO2/c1-6-10(13)11(14)7-12(8(2)3)9(4)5/h6,8-11,13-14H,1,7H2,2-5H3/t10-,11+/m0/s1. The maximum Gasteiger partial charge on any atom is 0.0989 e. The Hall–Kier alpha value is -0.380. The third-order valence-corrected chi connectivity index (χ3v) is 2.36. The summed E-state index contributed by atoms with van der Waals surface area (Å²) in [5, 5.41) is 19.0. The van der Waals surface area contributed by atoms with Crippen molar-refractivity contribution in [3.05, 3.63) is 12.7 Å². The molecule has 0 spiro atoms. The van der Waals surface area contributed by atoms with E-state index < -0.39 is 12.2 Å². The second-order valence-electron chi connectivity index (χ2n) is 4.18. The Labute approximate surface area is 87.0 Å².